The molecule has 0 aliphatic rings. The summed E-state index contributed by atoms with van der Waals surface area (Å²) in [5.41, 5.74) is 0.711. The van der Waals surface area contributed by atoms with Crippen molar-refractivity contribution >= 4 is 30.4 Å². The molecule has 0 aliphatic heterocycles. The van der Waals surface area contributed by atoms with Gasteiger partial charge in [-0.3, -0.25) is 5.41 Å². The third-order valence-corrected chi connectivity index (χ3v) is 5.58. The van der Waals surface area contributed by atoms with Gasteiger partial charge in [0, 0.05) is 14.1 Å². The van der Waals surface area contributed by atoms with Gasteiger partial charge in [-0.2, -0.15) is 5.26 Å². The highest BCUT2D eigenvalue weighted by molar-refractivity contribution is 7.14. The maximum Gasteiger partial charge on any atom is 0.139 e. The van der Waals surface area contributed by atoms with E-state index in [-0.39, 0.29) is 0 Å². The van der Waals surface area contributed by atoms with Crippen molar-refractivity contribution in [2.24, 2.45) is 0 Å². The Morgan fingerprint density at radius 1 is 1.44 bits per heavy atom. The first kappa shape index (κ1) is 12.9. The van der Waals surface area contributed by atoms with Crippen LogP contribution in [0.5, 0.6) is 0 Å². The molecule has 0 aliphatic carbocycles. The van der Waals surface area contributed by atoms with Gasteiger partial charge in [0.2, 0.25) is 0 Å². The summed E-state index contributed by atoms with van der Waals surface area (Å²) in [7, 11) is 2.18. The molecule has 0 fully saturated rings. The Morgan fingerprint density at radius 2 is 2.00 bits per heavy atom. The van der Waals surface area contributed by atoms with E-state index in [1.54, 1.807) is 4.90 Å². The minimum absolute atomic E-state index is 0.422. The molecule has 0 aromatic carbocycles. The number of nitrogens with one attached hydrogen (secondary N) is 1. The molecule has 0 radical (unpaired) electrons. The lowest BCUT2D eigenvalue weighted by molar-refractivity contribution is 0.620. The van der Waals surface area contributed by atoms with E-state index in [4.69, 9.17) is 5.41 Å². The fraction of sp³-hybridized carbons (Fsp3) is 0.455. The lowest BCUT2D eigenvalue weighted by Gasteiger charge is -2.16. The van der Waals surface area contributed by atoms with Crippen LogP contribution in [-0.2, 0) is 0 Å². The molecule has 0 bridgehead atoms. The van der Waals surface area contributed by atoms with Crippen LogP contribution in [0.3, 0.4) is 0 Å². The van der Waals surface area contributed by atoms with Crippen LogP contribution in [0.1, 0.15) is 10.4 Å². The zero-order valence-electron chi connectivity index (χ0n) is 10.4. The smallest absolute Gasteiger partial charge is 0.139 e. The molecule has 1 heterocycles. The molecule has 1 aromatic heterocycles. The quantitative estimate of drug-likeness (QED) is 0.497. The summed E-state index contributed by atoms with van der Waals surface area (Å²) in [6, 6.07) is 2.26. The van der Waals surface area contributed by atoms with E-state index >= 15 is 0 Å². The normalized spacial score (nSPS) is 11.0. The maximum atomic E-state index is 9.25. The highest BCUT2D eigenvalue weighted by Gasteiger charge is 2.25. The Bertz CT molecular complexity index is 449. The number of rotatable bonds is 2. The van der Waals surface area contributed by atoms with Gasteiger partial charge in [-0.05, 0) is 10.6 Å². The third kappa shape index (κ3) is 2.34. The Labute approximate surface area is 102 Å². The van der Waals surface area contributed by atoms with Crippen LogP contribution in [-0.4, -0.2) is 32.9 Å². The molecule has 0 amide bonds. The average Bonchev–Trinajstić information content (AvgIpc) is 2.58. The maximum absolute atomic E-state index is 9.25. The van der Waals surface area contributed by atoms with Crippen molar-refractivity contribution in [3.63, 3.8) is 0 Å². The summed E-state index contributed by atoms with van der Waals surface area (Å²) in [6.45, 7) is 6.66. The summed E-state index contributed by atoms with van der Waals surface area (Å²) in [4.78, 5) is 2.53. The van der Waals surface area contributed by atoms with Gasteiger partial charge in [0.05, 0.1) is 18.5 Å². The van der Waals surface area contributed by atoms with Crippen molar-refractivity contribution in [3.8, 4) is 6.07 Å². The van der Waals surface area contributed by atoms with E-state index in [1.165, 1.54) is 16.5 Å². The van der Waals surface area contributed by atoms with Gasteiger partial charge in [-0.15, -0.1) is 11.3 Å². The molecule has 1 aromatic rings. The fourth-order valence-electron chi connectivity index (χ4n) is 1.40. The minimum Gasteiger partial charge on any atom is -0.362 e. The molecule has 1 rings (SSSR count). The van der Waals surface area contributed by atoms with Crippen LogP contribution in [0.25, 0.3) is 0 Å². The van der Waals surface area contributed by atoms with Crippen molar-refractivity contribution in [1.29, 1.82) is 10.7 Å². The number of thiophene rings is 1. The minimum atomic E-state index is -1.49. The largest absolute Gasteiger partial charge is 0.362 e. The second kappa shape index (κ2) is 4.40. The molecule has 3 nitrogen and oxygen atoms in total. The number of hydrogen-bond acceptors (Lipinski definition) is 3. The summed E-state index contributed by atoms with van der Waals surface area (Å²) in [6.07, 6.45) is 0. The molecule has 0 unspecified atom stereocenters. The van der Waals surface area contributed by atoms with E-state index in [9.17, 15) is 5.26 Å². The topological polar surface area (TPSA) is 50.9 Å². The predicted octanol–water partition coefficient (Wildman–Crippen LogP) is 2.05. The first-order valence-electron chi connectivity index (χ1n) is 5.07. The SMILES string of the molecule is CN(C)C(=N)c1scc([Si](C)(C)C)c1C#N. The van der Waals surface area contributed by atoms with Crippen LogP contribution in [0.15, 0.2) is 5.38 Å². The number of amidine groups is 1. The number of nitrogens with zero attached hydrogens (tertiary/aromatic N) is 2. The molecule has 0 saturated carbocycles. The first-order chi connectivity index (χ1) is 7.29. The van der Waals surface area contributed by atoms with Gasteiger partial charge in [0.15, 0.2) is 0 Å². The molecule has 1 N–H and O–H groups in total. The van der Waals surface area contributed by atoms with Crippen LogP contribution in [0.2, 0.25) is 19.6 Å². The Kier molecular flexibility index (Phi) is 3.56. The lowest BCUT2D eigenvalue weighted by Crippen LogP contribution is -2.38. The second-order valence-electron chi connectivity index (χ2n) is 4.96. The summed E-state index contributed by atoms with van der Waals surface area (Å²) in [5, 5.41) is 20.4. The molecule has 86 valence electrons. The summed E-state index contributed by atoms with van der Waals surface area (Å²) >= 11 is 1.51. The van der Waals surface area contributed by atoms with E-state index in [1.807, 2.05) is 14.1 Å². The van der Waals surface area contributed by atoms with Gasteiger partial charge < -0.3 is 4.90 Å². The highest BCUT2D eigenvalue weighted by atomic mass is 32.1. The molecule has 0 spiro atoms. The molecule has 0 saturated heterocycles. The fourth-order valence-corrected chi connectivity index (χ4v) is 4.93. The zero-order valence-corrected chi connectivity index (χ0v) is 12.2. The second-order valence-corrected chi connectivity index (χ2v) is 10.9. The average molecular weight is 251 g/mol. The molecular formula is C11H17N3SSi. The lowest BCUT2D eigenvalue weighted by atomic mass is 10.2. The van der Waals surface area contributed by atoms with Gasteiger partial charge >= 0.3 is 0 Å². The van der Waals surface area contributed by atoms with Crippen molar-refractivity contribution in [3.05, 3.63) is 15.8 Å². The Morgan fingerprint density at radius 3 is 2.38 bits per heavy atom. The third-order valence-electron chi connectivity index (χ3n) is 2.37. The van der Waals surface area contributed by atoms with Gasteiger partial charge in [0.1, 0.15) is 11.9 Å². The zero-order chi connectivity index (χ0) is 12.5. The van der Waals surface area contributed by atoms with Crippen LogP contribution < -0.4 is 5.19 Å². The van der Waals surface area contributed by atoms with Gasteiger partial charge in [0.25, 0.3) is 0 Å². The van der Waals surface area contributed by atoms with E-state index < -0.39 is 8.07 Å². The monoisotopic (exact) mass is 251 g/mol. The number of nitriles is 1. The van der Waals surface area contributed by atoms with E-state index in [0.29, 0.717) is 11.4 Å². The van der Waals surface area contributed by atoms with Crippen molar-refractivity contribution in [1.82, 2.24) is 4.90 Å². The first-order valence-corrected chi connectivity index (χ1v) is 9.45. The standard InChI is InChI=1S/C11H17N3SSi/c1-14(2)11(13)10-8(6-12)9(7-15-10)16(3,4)5/h7,13H,1-5H3. The molecular weight excluding hydrogens is 234 g/mol. The van der Waals surface area contributed by atoms with Crippen molar-refractivity contribution in [2.75, 3.05) is 14.1 Å². The van der Waals surface area contributed by atoms with Crippen molar-refractivity contribution in [2.45, 2.75) is 19.6 Å². The molecule has 16 heavy (non-hydrogen) atoms. The number of hydrogen-bond donors (Lipinski definition) is 1. The highest BCUT2D eigenvalue weighted by Crippen LogP contribution is 2.19. The van der Waals surface area contributed by atoms with E-state index in [0.717, 1.165) is 4.88 Å². The van der Waals surface area contributed by atoms with Crippen LogP contribution >= 0.6 is 11.3 Å². The van der Waals surface area contributed by atoms with Gasteiger partial charge in [-0.1, -0.05) is 19.6 Å². The Balaban J connectivity index is 3.32. The van der Waals surface area contributed by atoms with E-state index in [2.05, 4.69) is 31.1 Å². The van der Waals surface area contributed by atoms with Crippen LogP contribution in [0, 0.1) is 16.7 Å². The van der Waals surface area contributed by atoms with Crippen molar-refractivity contribution < 1.29 is 0 Å². The predicted molar refractivity (Wildman–Crippen MR) is 72.5 cm³/mol. The van der Waals surface area contributed by atoms with Gasteiger partial charge in [-0.25, -0.2) is 0 Å². The Hall–Kier alpha value is -1.12. The summed E-state index contributed by atoms with van der Waals surface area (Å²) < 4.78 is 0. The van der Waals surface area contributed by atoms with Crippen LogP contribution in [0.4, 0.5) is 0 Å². The molecule has 5 heteroatoms. The molecule has 0 atom stereocenters. The summed E-state index contributed by atoms with van der Waals surface area (Å²) in [5.74, 6) is 0.422.